The molecule has 16 heavy (non-hydrogen) atoms. The fourth-order valence-corrected chi connectivity index (χ4v) is 4.96. The van der Waals surface area contributed by atoms with Gasteiger partial charge in [-0.05, 0) is 24.5 Å². The molecule has 1 aliphatic rings. The Hall–Kier alpha value is 0.170. The van der Waals surface area contributed by atoms with Gasteiger partial charge in [0.25, 0.3) is 0 Å². The van der Waals surface area contributed by atoms with E-state index in [-0.39, 0.29) is 21.2 Å². The lowest BCUT2D eigenvalue weighted by atomic mass is 10.1. The molecule has 0 unspecified atom stereocenters. The molecule has 1 aromatic carbocycles. The maximum absolute atomic E-state index is 3.73. The second-order valence-electron chi connectivity index (χ2n) is 4.32. The number of allylic oxidation sites excluding steroid dienone is 1. The SMILES string of the molecule is Br/C(=C\[I+]c1ccccc1)CC1CCCC1. The van der Waals surface area contributed by atoms with Crippen LogP contribution >= 0.6 is 15.9 Å². The zero-order chi connectivity index (χ0) is 11.2. The molecule has 0 saturated heterocycles. The molecule has 0 heterocycles. The van der Waals surface area contributed by atoms with E-state index in [0.717, 1.165) is 5.92 Å². The summed E-state index contributed by atoms with van der Waals surface area (Å²) in [5, 5.41) is 0. The molecule has 0 atom stereocenters. The molecule has 2 rings (SSSR count). The highest BCUT2D eigenvalue weighted by Gasteiger charge is 2.17. The highest BCUT2D eigenvalue weighted by atomic mass is 127. The van der Waals surface area contributed by atoms with E-state index in [1.807, 2.05) is 0 Å². The van der Waals surface area contributed by atoms with E-state index in [1.165, 1.54) is 40.2 Å². The lowest BCUT2D eigenvalue weighted by molar-refractivity contribution is -0.557. The summed E-state index contributed by atoms with van der Waals surface area (Å²) in [7, 11) is 0. The molecule has 86 valence electrons. The van der Waals surface area contributed by atoms with Crippen molar-refractivity contribution in [2.75, 3.05) is 0 Å². The number of hydrogen-bond acceptors (Lipinski definition) is 0. The predicted octanol–water partition coefficient (Wildman–Crippen LogP) is 1.76. The number of rotatable bonds is 4. The third-order valence-corrected chi connectivity index (χ3v) is 6.90. The van der Waals surface area contributed by atoms with Gasteiger partial charge in [-0.2, -0.15) is 0 Å². The molecule has 0 radical (unpaired) electrons. The minimum Gasteiger partial charge on any atom is -0.0619 e. The first kappa shape index (κ1) is 12.6. The zero-order valence-corrected chi connectivity index (χ0v) is 13.1. The van der Waals surface area contributed by atoms with Gasteiger partial charge in [0.05, 0.1) is 0 Å². The van der Waals surface area contributed by atoms with Crippen molar-refractivity contribution in [3.8, 4) is 0 Å². The van der Waals surface area contributed by atoms with Gasteiger partial charge in [0.15, 0.2) is 7.65 Å². The van der Waals surface area contributed by atoms with Gasteiger partial charge in [-0.1, -0.05) is 59.8 Å². The molecule has 0 spiro atoms. The van der Waals surface area contributed by atoms with E-state index in [1.54, 1.807) is 0 Å². The Balaban J connectivity index is 1.82. The lowest BCUT2D eigenvalue weighted by Crippen LogP contribution is -3.59. The third kappa shape index (κ3) is 4.21. The average Bonchev–Trinajstić information content (AvgIpc) is 2.81. The molecule has 1 fully saturated rings. The van der Waals surface area contributed by atoms with Gasteiger partial charge in [0.2, 0.25) is 0 Å². The topological polar surface area (TPSA) is 0 Å². The molecule has 1 aliphatic carbocycles. The van der Waals surface area contributed by atoms with Crippen LogP contribution in [0.4, 0.5) is 0 Å². The van der Waals surface area contributed by atoms with Gasteiger partial charge >= 0.3 is 21.2 Å². The summed E-state index contributed by atoms with van der Waals surface area (Å²) in [5.74, 6) is 0.949. The second-order valence-corrected chi connectivity index (χ2v) is 7.83. The first-order chi connectivity index (χ1) is 7.84. The van der Waals surface area contributed by atoms with Crippen molar-refractivity contribution in [1.82, 2.24) is 0 Å². The summed E-state index contributed by atoms with van der Waals surface area (Å²) in [4.78, 5) is 0. The van der Waals surface area contributed by atoms with Crippen LogP contribution in [-0.2, 0) is 0 Å². The smallest absolute Gasteiger partial charge is 0.0619 e. The van der Waals surface area contributed by atoms with Crippen LogP contribution in [0.3, 0.4) is 0 Å². The molecular formula is C14H17BrI+. The molecule has 0 aliphatic heterocycles. The van der Waals surface area contributed by atoms with Crippen molar-refractivity contribution in [3.63, 3.8) is 0 Å². The fraction of sp³-hybridized carbons (Fsp3) is 0.429. The normalized spacial score (nSPS) is 17.9. The van der Waals surface area contributed by atoms with E-state index in [9.17, 15) is 0 Å². The van der Waals surface area contributed by atoms with Crippen molar-refractivity contribution < 1.29 is 21.2 Å². The van der Waals surface area contributed by atoms with Gasteiger partial charge in [0, 0.05) is 4.48 Å². The summed E-state index contributed by atoms with van der Waals surface area (Å²) in [6, 6.07) is 10.8. The number of hydrogen-bond donors (Lipinski definition) is 0. The molecule has 2 heteroatoms. The fourth-order valence-electron chi connectivity index (χ4n) is 2.14. The van der Waals surface area contributed by atoms with E-state index in [0.29, 0.717) is 0 Å². The summed E-state index contributed by atoms with van der Waals surface area (Å²) in [5.41, 5.74) is 0. The van der Waals surface area contributed by atoms with Gasteiger partial charge in [-0.15, -0.1) is 0 Å². The van der Waals surface area contributed by atoms with Crippen LogP contribution in [0.5, 0.6) is 0 Å². The van der Waals surface area contributed by atoms with Crippen molar-refractivity contribution >= 4 is 15.9 Å². The highest BCUT2D eigenvalue weighted by Crippen LogP contribution is 2.31. The minimum absolute atomic E-state index is 0.0555. The Bertz CT molecular complexity index is 339. The predicted molar refractivity (Wildman–Crippen MR) is 68.7 cm³/mol. The van der Waals surface area contributed by atoms with E-state index in [4.69, 9.17) is 0 Å². The molecule has 0 nitrogen and oxygen atoms in total. The van der Waals surface area contributed by atoms with Crippen LogP contribution in [0, 0.1) is 9.49 Å². The Morgan fingerprint density at radius 3 is 2.62 bits per heavy atom. The average molecular weight is 392 g/mol. The Morgan fingerprint density at radius 2 is 1.94 bits per heavy atom. The van der Waals surface area contributed by atoms with Crippen molar-refractivity contribution in [2.45, 2.75) is 32.1 Å². The van der Waals surface area contributed by atoms with Gasteiger partial charge < -0.3 is 0 Å². The quantitative estimate of drug-likeness (QED) is 0.686. The van der Waals surface area contributed by atoms with Crippen molar-refractivity contribution in [3.05, 3.63) is 42.5 Å². The maximum atomic E-state index is 3.73. The van der Waals surface area contributed by atoms with Crippen LogP contribution in [0.25, 0.3) is 0 Å². The van der Waals surface area contributed by atoms with Crippen LogP contribution in [-0.4, -0.2) is 0 Å². The minimum atomic E-state index is 0.0555. The third-order valence-electron chi connectivity index (χ3n) is 2.99. The summed E-state index contributed by atoms with van der Waals surface area (Å²) < 4.78 is 5.38. The Morgan fingerprint density at radius 1 is 1.25 bits per heavy atom. The number of benzene rings is 1. The summed E-state index contributed by atoms with van der Waals surface area (Å²) in [6.45, 7) is 0. The molecular weight excluding hydrogens is 375 g/mol. The Labute approximate surface area is 117 Å². The van der Waals surface area contributed by atoms with Crippen LogP contribution < -0.4 is 21.2 Å². The van der Waals surface area contributed by atoms with Crippen LogP contribution in [0.15, 0.2) is 38.9 Å². The lowest BCUT2D eigenvalue weighted by Gasteiger charge is -2.04. The highest BCUT2D eigenvalue weighted by molar-refractivity contribution is 9.11. The molecule has 1 saturated carbocycles. The molecule has 0 bridgehead atoms. The van der Waals surface area contributed by atoms with Gasteiger partial charge in [-0.25, -0.2) is 0 Å². The van der Waals surface area contributed by atoms with Gasteiger partial charge in [0.1, 0.15) is 0 Å². The molecule has 1 aromatic rings. The second kappa shape index (κ2) is 6.80. The van der Waals surface area contributed by atoms with Crippen LogP contribution in [0.2, 0.25) is 0 Å². The van der Waals surface area contributed by atoms with Gasteiger partial charge in [-0.3, -0.25) is 0 Å². The maximum Gasteiger partial charge on any atom is 0.350 e. The summed E-state index contributed by atoms with van der Waals surface area (Å²) in [6.07, 6.45) is 7.03. The zero-order valence-electron chi connectivity index (χ0n) is 9.33. The number of halogens is 2. The van der Waals surface area contributed by atoms with E-state index in [2.05, 4.69) is 50.3 Å². The van der Waals surface area contributed by atoms with Crippen molar-refractivity contribution in [1.29, 1.82) is 0 Å². The summed E-state index contributed by atoms with van der Waals surface area (Å²) >= 11 is 3.79. The molecule has 0 amide bonds. The first-order valence-electron chi connectivity index (χ1n) is 5.87. The molecule has 0 aromatic heterocycles. The first-order valence-corrected chi connectivity index (χ1v) is 8.99. The monoisotopic (exact) mass is 391 g/mol. The molecule has 0 N–H and O–H groups in total. The largest absolute Gasteiger partial charge is 0.350 e. The van der Waals surface area contributed by atoms with E-state index >= 15 is 0 Å². The standard InChI is InChI=1S/C14H17BrI/c15-13(10-12-6-4-5-7-12)11-16-14-8-2-1-3-9-14/h1-3,8-9,11-12H,4-7,10H2/q+1/b13-11-. The van der Waals surface area contributed by atoms with Crippen molar-refractivity contribution in [2.24, 2.45) is 5.92 Å². The van der Waals surface area contributed by atoms with E-state index < -0.39 is 0 Å². The van der Waals surface area contributed by atoms with Crippen LogP contribution in [0.1, 0.15) is 32.1 Å². The Kier molecular flexibility index (Phi) is 5.36.